The van der Waals surface area contributed by atoms with Gasteiger partial charge in [0.05, 0.1) is 5.56 Å². The molecule has 188 valence electrons. The fourth-order valence-corrected chi connectivity index (χ4v) is 3.87. The van der Waals surface area contributed by atoms with E-state index in [-0.39, 0.29) is 23.7 Å². The van der Waals surface area contributed by atoms with E-state index in [1.807, 2.05) is 12.1 Å². The highest BCUT2D eigenvalue weighted by Crippen LogP contribution is 2.22. The second kappa shape index (κ2) is 11.3. The maximum absolute atomic E-state index is 12.3. The van der Waals surface area contributed by atoms with Gasteiger partial charge in [0, 0.05) is 50.5 Å². The average Bonchev–Trinajstić information content (AvgIpc) is 2.92. The molecule has 0 saturated carbocycles. The summed E-state index contributed by atoms with van der Waals surface area (Å²) in [4.78, 5) is 58.4. The number of amides is 1. The Kier molecular flexibility index (Phi) is 7.68. The van der Waals surface area contributed by atoms with E-state index in [2.05, 4.69) is 20.6 Å². The lowest BCUT2D eigenvalue weighted by Gasteiger charge is -2.25. The van der Waals surface area contributed by atoms with Crippen molar-refractivity contribution in [1.82, 2.24) is 9.97 Å². The minimum absolute atomic E-state index is 0.00924. The van der Waals surface area contributed by atoms with E-state index in [1.54, 1.807) is 66.9 Å². The predicted molar refractivity (Wildman–Crippen MR) is 140 cm³/mol. The molecule has 0 aliphatic rings. The van der Waals surface area contributed by atoms with Crippen LogP contribution in [-0.4, -0.2) is 46.6 Å². The summed E-state index contributed by atoms with van der Waals surface area (Å²) in [7, 11) is 1.69. The molecule has 0 fully saturated rings. The molecule has 4 rings (SSSR count). The topological polar surface area (TPSA) is 142 Å². The van der Waals surface area contributed by atoms with Gasteiger partial charge in [-0.25, -0.2) is 4.79 Å². The van der Waals surface area contributed by atoms with Crippen molar-refractivity contribution < 1.29 is 14.7 Å². The van der Waals surface area contributed by atoms with Crippen molar-refractivity contribution in [2.45, 2.75) is 18.9 Å². The number of benzene rings is 1. The maximum atomic E-state index is 12.3. The number of anilines is 3. The van der Waals surface area contributed by atoms with Crippen LogP contribution >= 0.6 is 0 Å². The van der Waals surface area contributed by atoms with Crippen LogP contribution in [0, 0.1) is 0 Å². The Hall–Kier alpha value is -4.86. The fourth-order valence-electron chi connectivity index (χ4n) is 3.87. The van der Waals surface area contributed by atoms with E-state index in [1.165, 1.54) is 6.20 Å². The van der Waals surface area contributed by atoms with E-state index in [0.29, 0.717) is 29.8 Å². The van der Waals surface area contributed by atoms with Gasteiger partial charge in [-0.3, -0.25) is 24.4 Å². The van der Waals surface area contributed by atoms with Gasteiger partial charge in [0.1, 0.15) is 17.4 Å². The predicted octanol–water partition coefficient (Wildman–Crippen LogP) is 2.11. The fraction of sp³-hybridized carbons (Fsp3) is 0.185. The molecular weight excluding hydrogens is 474 g/mol. The van der Waals surface area contributed by atoms with E-state index in [9.17, 15) is 24.3 Å². The second-order valence-electron chi connectivity index (χ2n) is 8.54. The van der Waals surface area contributed by atoms with Gasteiger partial charge in [0.15, 0.2) is 0 Å². The minimum Gasteiger partial charge on any atom is -0.480 e. The summed E-state index contributed by atoms with van der Waals surface area (Å²) in [5.74, 6) is -1.47. The highest BCUT2D eigenvalue weighted by atomic mass is 16.4. The molecule has 0 saturated heterocycles. The van der Waals surface area contributed by atoms with Gasteiger partial charge in [-0.1, -0.05) is 12.1 Å². The quantitative estimate of drug-likeness (QED) is 0.265. The van der Waals surface area contributed by atoms with Crippen LogP contribution in [0.2, 0.25) is 0 Å². The Labute approximate surface area is 212 Å². The summed E-state index contributed by atoms with van der Waals surface area (Å²) in [6.45, 7) is 0.466. The monoisotopic (exact) mass is 499 g/mol. The van der Waals surface area contributed by atoms with E-state index >= 15 is 0 Å². The number of carbonyl (C=O) groups is 2. The van der Waals surface area contributed by atoms with Crippen molar-refractivity contribution in [2.24, 2.45) is 0 Å². The third kappa shape index (κ3) is 6.04. The molecule has 0 bridgehead atoms. The van der Waals surface area contributed by atoms with Crippen molar-refractivity contribution in [2.75, 3.05) is 29.1 Å². The third-order valence-electron chi connectivity index (χ3n) is 5.94. The van der Waals surface area contributed by atoms with E-state index in [4.69, 9.17) is 0 Å². The van der Waals surface area contributed by atoms with Crippen LogP contribution < -0.4 is 26.4 Å². The summed E-state index contributed by atoms with van der Waals surface area (Å²) in [5.41, 5.74) is 1.47. The Morgan fingerprint density at radius 2 is 1.68 bits per heavy atom. The molecule has 3 N–H and O–H groups in total. The second-order valence-corrected chi connectivity index (χ2v) is 8.54. The molecule has 0 spiro atoms. The van der Waals surface area contributed by atoms with Crippen LogP contribution in [0.1, 0.15) is 21.5 Å². The standard InChI is InChI=1S/C27H25N5O5/c1-32(14-10-17-8-12-28-13-9-17)23-22(24(33)25(23)34)31-21(27(36)37)15-18-4-6-20(7-5-18)30-26(35)19-3-2-11-29-16-19/h2-9,11-13,16,21,31H,10,14-15H2,1H3,(H,30,35)(H,36,37). The maximum Gasteiger partial charge on any atom is 0.326 e. The van der Waals surface area contributed by atoms with Gasteiger partial charge in [-0.2, -0.15) is 0 Å². The molecule has 10 nitrogen and oxygen atoms in total. The highest BCUT2D eigenvalue weighted by molar-refractivity contribution is 6.04. The summed E-state index contributed by atoms with van der Waals surface area (Å²) in [6, 6.07) is 12.6. The van der Waals surface area contributed by atoms with Gasteiger partial charge in [-0.15, -0.1) is 0 Å². The first-order valence-electron chi connectivity index (χ1n) is 11.6. The number of carboxylic acid groups (broad SMARTS) is 1. The molecular formula is C27H25N5O5. The van der Waals surface area contributed by atoms with E-state index in [0.717, 1.165) is 5.56 Å². The first-order chi connectivity index (χ1) is 17.8. The van der Waals surface area contributed by atoms with Crippen LogP contribution in [0.3, 0.4) is 0 Å². The number of carbonyl (C=O) groups excluding carboxylic acids is 1. The van der Waals surface area contributed by atoms with Gasteiger partial charge in [-0.05, 0) is 53.9 Å². The number of aromatic nitrogens is 2. The van der Waals surface area contributed by atoms with Crippen LogP contribution in [0.4, 0.5) is 17.1 Å². The zero-order valence-electron chi connectivity index (χ0n) is 20.0. The molecule has 0 aliphatic heterocycles. The smallest absolute Gasteiger partial charge is 0.326 e. The molecule has 1 atom stereocenters. The molecule has 1 unspecified atom stereocenters. The molecule has 4 aromatic rings. The van der Waals surface area contributed by atoms with Crippen molar-refractivity contribution in [3.63, 3.8) is 0 Å². The number of nitrogens with zero attached hydrogens (tertiary/aromatic N) is 3. The number of hydrogen-bond donors (Lipinski definition) is 3. The Morgan fingerprint density at radius 3 is 2.32 bits per heavy atom. The first kappa shape index (κ1) is 25.2. The summed E-state index contributed by atoms with van der Waals surface area (Å²) in [5, 5.41) is 15.3. The van der Waals surface area contributed by atoms with Crippen molar-refractivity contribution in [3.8, 4) is 0 Å². The third-order valence-corrected chi connectivity index (χ3v) is 5.94. The van der Waals surface area contributed by atoms with Crippen LogP contribution in [0.15, 0.2) is 82.9 Å². The molecule has 37 heavy (non-hydrogen) atoms. The number of carboxylic acids is 1. The zero-order chi connectivity index (χ0) is 26.4. The number of nitrogens with one attached hydrogen (secondary N) is 2. The lowest BCUT2D eigenvalue weighted by Crippen LogP contribution is -2.45. The highest BCUT2D eigenvalue weighted by Gasteiger charge is 2.28. The van der Waals surface area contributed by atoms with Crippen LogP contribution in [0.5, 0.6) is 0 Å². The number of hydrogen-bond acceptors (Lipinski definition) is 8. The number of aliphatic carboxylic acids is 1. The molecule has 1 amide bonds. The van der Waals surface area contributed by atoms with Gasteiger partial charge >= 0.3 is 5.97 Å². The SMILES string of the molecule is CN(CCc1ccncc1)c1c(NC(Cc2ccc(NC(=O)c3cccnc3)cc2)C(=O)O)c(=O)c1=O. The van der Waals surface area contributed by atoms with E-state index < -0.39 is 22.9 Å². The molecule has 2 aromatic heterocycles. The largest absolute Gasteiger partial charge is 0.480 e. The summed E-state index contributed by atoms with van der Waals surface area (Å²) >= 11 is 0. The molecule has 0 radical (unpaired) electrons. The van der Waals surface area contributed by atoms with Gasteiger partial charge in [0.25, 0.3) is 16.8 Å². The first-order valence-corrected chi connectivity index (χ1v) is 11.6. The average molecular weight is 500 g/mol. The van der Waals surface area contributed by atoms with Crippen molar-refractivity contribution >= 4 is 28.9 Å². The summed E-state index contributed by atoms with van der Waals surface area (Å²) in [6.07, 6.45) is 7.08. The minimum atomic E-state index is -1.16. The number of rotatable bonds is 11. The lowest BCUT2D eigenvalue weighted by atomic mass is 10.0. The van der Waals surface area contributed by atoms with Crippen LogP contribution in [0.25, 0.3) is 0 Å². The van der Waals surface area contributed by atoms with Gasteiger partial charge < -0.3 is 20.6 Å². The van der Waals surface area contributed by atoms with Crippen molar-refractivity contribution in [3.05, 3.63) is 110 Å². The van der Waals surface area contributed by atoms with Crippen molar-refractivity contribution in [1.29, 1.82) is 0 Å². The molecule has 0 aliphatic carbocycles. The molecule has 2 heterocycles. The molecule has 2 aromatic carbocycles. The van der Waals surface area contributed by atoms with Gasteiger partial charge in [0.2, 0.25) is 0 Å². The molecule has 10 heteroatoms. The summed E-state index contributed by atoms with van der Waals surface area (Å²) < 4.78 is 0. The Morgan fingerprint density at radius 1 is 0.946 bits per heavy atom. The zero-order valence-corrected chi connectivity index (χ0v) is 20.0. The lowest BCUT2D eigenvalue weighted by molar-refractivity contribution is -0.137. The Balaban J connectivity index is 1.41. The van der Waals surface area contributed by atoms with Crippen LogP contribution in [-0.2, 0) is 17.6 Å². The number of likely N-dealkylation sites (N-methyl/N-ethyl adjacent to an activating group) is 1. The normalized spacial score (nSPS) is 11.6. The Bertz CT molecular complexity index is 1450. The number of pyridine rings is 2.